The quantitative estimate of drug-likeness (QED) is 0.576. The molecular weight excluding hydrogens is 212 g/mol. The second-order valence-electron chi connectivity index (χ2n) is 4.05. The van der Waals surface area contributed by atoms with Gasteiger partial charge in [-0.3, -0.25) is 0 Å². The summed E-state index contributed by atoms with van der Waals surface area (Å²) in [5, 5.41) is 0. The first-order valence-corrected chi connectivity index (χ1v) is 9.28. The van der Waals surface area contributed by atoms with Crippen LogP contribution in [0.1, 0.15) is 12.8 Å². The van der Waals surface area contributed by atoms with Crippen molar-refractivity contribution < 1.29 is 12.8 Å². The zero-order chi connectivity index (χ0) is 9.95. The van der Waals surface area contributed by atoms with Gasteiger partial charge in [0, 0.05) is 0 Å². The summed E-state index contributed by atoms with van der Waals surface area (Å²) >= 11 is 0. The van der Waals surface area contributed by atoms with Gasteiger partial charge in [-0.1, -0.05) is 0 Å². The molecule has 0 bridgehead atoms. The van der Waals surface area contributed by atoms with E-state index in [4.69, 9.17) is 0 Å². The van der Waals surface area contributed by atoms with Gasteiger partial charge in [-0.2, -0.15) is 0 Å². The third-order valence-electron chi connectivity index (χ3n) is 2.62. The van der Waals surface area contributed by atoms with Gasteiger partial charge in [0.2, 0.25) is 0 Å². The Bertz CT molecular complexity index is 262. The van der Waals surface area contributed by atoms with E-state index in [0.29, 0.717) is 0 Å². The molecule has 1 saturated heterocycles. The van der Waals surface area contributed by atoms with Crippen molar-refractivity contribution in [1.29, 1.82) is 0 Å². The summed E-state index contributed by atoms with van der Waals surface area (Å²) in [5.74, 6) is 0. The summed E-state index contributed by atoms with van der Waals surface area (Å²) in [6.07, 6.45) is 4.43. The molecule has 0 unspecified atom stereocenters. The molecule has 0 saturated carbocycles. The van der Waals surface area contributed by atoms with Crippen molar-refractivity contribution in [2.45, 2.75) is 12.8 Å². The molecule has 1 heterocycles. The molecule has 3 nitrogen and oxygen atoms in total. The van der Waals surface area contributed by atoms with Gasteiger partial charge in [0.15, 0.2) is 0 Å². The number of sulfonamides is 1. The van der Waals surface area contributed by atoms with Crippen LogP contribution in [0.4, 0.5) is 4.39 Å². The topological polar surface area (TPSA) is 46.2 Å². The minimum atomic E-state index is -3.34. The minimum absolute atomic E-state index is 0.198. The molecule has 80 valence electrons. The summed E-state index contributed by atoms with van der Waals surface area (Å²) < 4.78 is 36.3. The van der Waals surface area contributed by atoms with Gasteiger partial charge in [-0.05, 0) is 0 Å². The Morgan fingerprint density at radius 1 is 1.38 bits per heavy atom. The number of halogens is 1. The number of alkyl halides is 1. The Balaban J connectivity index is 2.56. The number of hydrogen-bond acceptors (Lipinski definition) is 2. The van der Waals surface area contributed by atoms with Gasteiger partial charge in [0.1, 0.15) is 0 Å². The molecule has 0 aliphatic carbocycles. The van der Waals surface area contributed by atoms with Crippen LogP contribution in [0, 0.1) is 0 Å². The first-order chi connectivity index (χ1) is 5.97. The first kappa shape index (κ1) is 11.3. The monoisotopic (exact) mass is 229 g/mol. The Hall–Kier alpha value is 0.270. The van der Waals surface area contributed by atoms with E-state index in [0.717, 1.165) is 25.2 Å². The van der Waals surface area contributed by atoms with Gasteiger partial charge in [-0.25, -0.2) is 0 Å². The molecule has 0 radical (unpaired) electrons. The van der Waals surface area contributed by atoms with Crippen LogP contribution >= 0.6 is 7.26 Å². The Kier molecular flexibility index (Phi) is 3.66. The maximum atomic E-state index is 11.8. The van der Waals surface area contributed by atoms with Gasteiger partial charge >= 0.3 is 78.9 Å². The van der Waals surface area contributed by atoms with Crippen LogP contribution in [0.25, 0.3) is 0 Å². The summed E-state index contributed by atoms with van der Waals surface area (Å²) in [6.45, 7) is 1.12. The van der Waals surface area contributed by atoms with Crippen molar-refractivity contribution in [3.63, 3.8) is 0 Å². The van der Waals surface area contributed by atoms with Crippen LogP contribution in [0.5, 0.6) is 0 Å². The molecule has 0 atom stereocenters. The van der Waals surface area contributed by atoms with Crippen molar-refractivity contribution in [3.8, 4) is 0 Å². The molecular formula is C7H17FNO2PS. The van der Waals surface area contributed by atoms with E-state index in [1.165, 1.54) is 0 Å². The fourth-order valence-electron chi connectivity index (χ4n) is 1.97. The van der Waals surface area contributed by atoms with Crippen LogP contribution < -0.4 is 4.72 Å². The molecule has 1 aliphatic heterocycles. The molecule has 1 N–H and O–H groups in total. The third kappa shape index (κ3) is 3.49. The average Bonchev–Trinajstić information content (AvgIpc) is 2.33. The molecule has 0 spiro atoms. The maximum absolute atomic E-state index is 11.8. The van der Waals surface area contributed by atoms with Crippen molar-refractivity contribution in [1.82, 2.24) is 4.72 Å². The van der Waals surface area contributed by atoms with Crippen LogP contribution in [-0.4, -0.2) is 39.7 Å². The molecule has 6 heteroatoms. The average molecular weight is 229 g/mol. The summed E-state index contributed by atoms with van der Waals surface area (Å²) in [4.78, 5) is 0. The summed E-state index contributed by atoms with van der Waals surface area (Å²) in [6, 6.07) is 0. The molecule has 0 aromatic carbocycles. The van der Waals surface area contributed by atoms with E-state index in [2.05, 4.69) is 6.66 Å². The predicted molar refractivity (Wildman–Crippen MR) is 56.1 cm³/mol. The Morgan fingerprint density at radius 3 is 2.38 bits per heavy atom. The normalized spacial score (nSPS) is 24.5. The molecule has 0 amide bonds. The van der Waals surface area contributed by atoms with Crippen LogP contribution in [-0.2, 0) is 10.0 Å². The van der Waals surface area contributed by atoms with Gasteiger partial charge in [0.05, 0.1) is 0 Å². The van der Waals surface area contributed by atoms with Crippen molar-refractivity contribution in [2.24, 2.45) is 0 Å². The SMILES string of the molecule is C[PH]1(CS(=O)(=O)NCF)CCCC1. The zero-order valence-electron chi connectivity index (χ0n) is 7.85. The molecule has 1 aliphatic rings. The van der Waals surface area contributed by atoms with E-state index >= 15 is 0 Å². The van der Waals surface area contributed by atoms with Crippen LogP contribution in [0.15, 0.2) is 0 Å². The van der Waals surface area contributed by atoms with E-state index < -0.39 is 24.1 Å². The molecule has 1 fully saturated rings. The first-order valence-electron chi connectivity index (χ1n) is 4.51. The van der Waals surface area contributed by atoms with Crippen molar-refractivity contribution in [3.05, 3.63) is 0 Å². The predicted octanol–water partition coefficient (Wildman–Crippen LogP) is 0.964. The Morgan fingerprint density at radius 2 is 1.92 bits per heavy atom. The second kappa shape index (κ2) is 4.20. The van der Waals surface area contributed by atoms with E-state index in [1.54, 1.807) is 0 Å². The van der Waals surface area contributed by atoms with Crippen molar-refractivity contribution >= 4 is 17.3 Å². The standard InChI is InChI=1S/C7H17FNO2PS/c1-12(4-2-3-5-12)7-13(10,11)9-6-8/h9,12H,2-7H2,1H3. The fourth-order valence-corrected chi connectivity index (χ4v) is 9.82. The number of rotatable bonds is 4. The summed E-state index contributed by atoms with van der Waals surface area (Å²) in [5.41, 5.74) is 0.198. The molecule has 0 aromatic heterocycles. The van der Waals surface area contributed by atoms with Crippen LogP contribution in [0.3, 0.4) is 0 Å². The van der Waals surface area contributed by atoms with Crippen LogP contribution in [0.2, 0.25) is 0 Å². The third-order valence-corrected chi connectivity index (χ3v) is 10.6. The van der Waals surface area contributed by atoms with E-state index in [1.807, 2.05) is 4.72 Å². The second-order valence-corrected chi connectivity index (χ2v) is 11.3. The van der Waals surface area contributed by atoms with E-state index in [-0.39, 0.29) is 5.49 Å². The van der Waals surface area contributed by atoms with Gasteiger partial charge < -0.3 is 0 Å². The number of nitrogens with one attached hydrogen (secondary N) is 1. The Labute approximate surface area is 79.5 Å². The fraction of sp³-hybridized carbons (Fsp3) is 1.00. The van der Waals surface area contributed by atoms with Gasteiger partial charge in [-0.15, -0.1) is 0 Å². The molecule has 1 rings (SSSR count). The summed E-state index contributed by atoms with van der Waals surface area (Å²) in [7, 11) is -4.91. The van der Waals surface area contributed by atoms with Crippen molar-refractivity contribution in [2.75, 3.05) is 31.3 Å². The zero-order valence-corrected chi connectivity index (χ0v) is 9.66. The van der Waals surface area contributed by atoms with Gasteiger partial charge in [0.25, 0.3) is 0 Å². The number of hydrogen-bond donors (Lipinski definition) is 1. The van der Waals surface area contributed by atoms with E-state index in [9.17, 15) is 12.8 Å². The molecule has 0 aromatic rings. The molecule has 13 heavy (non-hydrogen) atoms.